The van der Waals surface area contributed by atoms with E-state index in [1.54, 1.807) is 0 Å². The number of benzene rings is 1. The number of aromatic amines is 1. The first-order chi connectivity index (χ1) is 15.6. The van der Waals surface area contributed by atoms with Crippen LogP contribution < -0.4 is 0 Å². The highest BCUT2D eigenvalue weighted by Crippen LogP contribution is 2.29. The van der Waals surface area contributed by atoms with Crippen molar-refractivity contribution in [3.05, 3.63) is 59.9 Å². The van der Waals surface area contributed by atoms with Gasteiger partial charge in [-0.05, 0) is 35.6 Å². The number of pyridine rings is 1. The molecule has 0 atom stereocenters. The number of hydrogen-bond acceptors (Lipinski definition) is 6. The third-order valence-electron chi connectivity index (χ3n) is 5.45. The highest BCUT2D eigenvalue weighted by Gasteiger charge is 2.14. The Morgan fingerprint density at radius 2 is 1.91 bits per heavy atom. The Kier molecular flexibility index (Phi) is 6.99. The van der Waals surface area contributed by atoms with Gasteiger partial charge in [-0.2, -0.15) is 10.3 Å². The minimum atomic E-state index is 0.572. The fourth-order valence-corrected chi connectivity index (χ4v) is 3.62. The smallest absolute Gasteiger partial charge is 0.205 e. The molecular formula is C24H30N8. The number of H-pyrrole nitrogens is 1. The molecule has 4 aromatic rings. The summed E-state index contributed by atoms with van der Waals surface area (Å²) in [6.45, 7) is 7.56. The van der Waals surface area contributed by atoms with E-state index in [2.05, 4.69) is 58.2 Å². The van der Waals surface area contributed by atoms with Gasteiger partial charge in [0, 0.05) is 42.4 Å². The van der Waals surface area contributed by atoms with Crippen LogP contribution in [0.5, 0.6) is 0 Å². The molecule has 0 aliphatic rings. The van der Waals surface area contributed by atoms with Gasteiger partial charge >= 0.3 is 0 Å². The third kappa shape index (κ3) is 5.25. The van der Waals surface area contributed by atoms with E-state index in [0.717, 1.165) is 66.3 Å². The van der Waals surface area contributed by atoms with Crippen molar-refractivity contribution < 1.29 is 0 Å². The summed E-state index contributed by atoms with van der Waals surface area (Å²) in [5.41, 5.74) is 3.94. The molecule has 0 fully saturated rings. The van der Waals surface area contributed by atoms with Crippen LogP contribution in [-0.4, -0.2) is 40.4 Å². The van der Waals surface area contributed by atoms with E-state index in [-0.39, 0.29) is 0 Å². The number of aromatic nitrogens is 8. The Morgan fingerprint density at radius 1 is 1.06 bits per heavy atom. The molecule has 0 amide bonds. The summed E-state index contributed by atoms with van der Waals surface area (Å²) in [4.78, 5) is 9.58. The molecule has 3 aromatic heterocycles. The number of tetrazole rings is 1. The maximum absolute atomic E-state index is 4.84. The SMILES string of the molecule is CCCCn1nc(CCC(C)C)nc1Cc1ccc(-c2ccccc2-c2nn[nH]n2)cn1. The molecule has 0 bridgehead atoms. The molecule has 8 nitrogen and oxygen atoms in total. The maximum atomic E-state index is 4.84. The van der Waals surface area contributed by atoms with Crippen LogP contribution in [-0.2, 0) is 19.4 Å². The first-order valence-electron chi connectivity index (χ1n) is 11.3. The van der Waals surface area contributed by atoms with E-state index in [4.69, 9.17) is 15.1 Å². The zero-order valence-electron chi connectivity index (χ0n) is 19.0. The number of hydrogen-bond donors (Lipinski definition) is 1. The number of nitrogens with zero attached hydrogens (tertiary/aromatic N) is 7. The van der Waals surface area contributed by atoms with E-state index in [1.807, 2.05) is 30.5 Å². The van der Waals surface area contributed by atoms with Crippen molar-refractivity contribution in [2.75, 3.05) is 0 Å². The second kappa shape index (κ2) is 10.3. The second-order valence-electron chi connectivity index (χ2n) is 8.45. The van der Waals surface area contributed by atoms with Crippen LogP contribution in [0.3, 0.4) is 0 Å². The van der Waals surface area contributed by atoms with E-state index in [1.165, 1.54) is 0 Å². The first-order valence-corrected chi connectivity index (χ1v) is 11.3. The highest BCUT2D eigenvalue weighted by atomic mass is 15.5. The van der Waals surface area contributed by atoms with E-state index < -0.39 is 0 Å². The Hall–Kier alpha value is -3.42. The van der Waals surface area contributed by atoms with Crippen LogP contribution in [0.15, 0.2) is 42.6 Å². The van der Waals surface area contributed by atoms with Gasteiger partial charge in [-0.15, -0.1) is 10.2 Å². The van der Waals surface area contributed by atoms with Crippen molar-refractivity contribution in [3.8, 4) is 22.5 Å². The van der Waals surface area contributed by atoms with Crippen LogP contribution in [0.2, 0.25) is 0 Å². The third-order valence-corrected chi connectivity index (χ3v) is 5.45. The van der Waals surface area contributed by atoms with Crippen LogP contribution in [0.25, 0.3) is 22.5 Å². The van der Waals surface area contributed by atoms with Gasteiger partial charge in [0.15, 0.2) is 5.82 Å². The second-order valence-corrected chi connectivity index (χ2v) is 8.45. The summed E-state index contributed by atoms with van der Waals surface area (Å²) >= 11 is 0. The van der Waals surface area contributed by atoms with Crippen molar-refractivity contribution in [2.45, 2.75) is 59.4 Å². The Labute approximate surface area is 188 Å². The number of rotatable bonds is 10. The van der Waals surface area contributed by atoms with Gasteiger partial charge in [0.25, 0.3) is 0 Å². The van der Waals surface area contributed by atoms with Gasteiger partial charge in [0.2, 0.25) is 5.82 Å². The summed E-state index contributed by atoms with van der Waals surface area (Å²) in [5, 5.41) is 19.2. The Morgan fingerprint density at radius 3 is 2.59 bits per heavy atom. The quantitative estimate of drug-likeness (QED) is 0.398. The zero-order chi connectivity index (χ0) is 22.3. The van der Waals surface area contributed by atoms with Gasteiger partial charge in [0.05, 0.1) is 0 Å². The van der Waals surface area contributed by atoms with Crippen molar-refractivity contribution in [3.63, 3.8) is 0 Å². The molecule has 0 saturated carbocycles. The summed E-state index contributed by atoms with van der Waals surface area (Å²) < 4.78 is 2.07. The number of unbranched alkanes of at least 4 members (excludes halogenated alkanes) is 1. The zero-order valence-corrected chi connectivity index (χ0v) is 19.0. The minimum Gasteiger partial charge on any atom is -0.260 e. The standard InChI is InChI=1S/C24H30N8/c1-4-5-14-32-23(26-22(29-32)13-10-17(2)3)15-19-12-11-18(16-25-19)20-8-6-7-9-21(20)24-27-30-31-28-24/h6-9,11-12,16-17H,4-5,10,13-15H2,1-3H3,(H,27,28,30,31). The molecule has 4 rings (SSSR count). The molecule has 0 aliphatic heterocycles. The molecule has 0 unspecified atom stereocenters. The Balaban J connectivity index is 1.54. The molecule has 32 heavy (non-hydrogen) atoms. The van der Waals surface area contributed by atoms with Crippen molar-refractivity contribution in [2.24, 2.45) is 5.92 Å². The lowest BCUT2D eigenvalue weighted by Gasteiger charge is -2.08. The van der Waals surface area contributed by atoms with Crippen LogP contribution >= 0.6 is 0 Å². The van der Waals surface area contributed by atoms with E-state index in [0.29, 0.717) is 18.2 Å². The number of nitrogens with one attached hydrogen (secondary N) is 1. The molecule has 0 aliphatic carbocycles. The minimum absolute atomic E-state index is 0.572. The molecule has 0 radical (unpaired) electrons. The van der Waals surface area contributed by atoms with Gasteiger partial charge in [0.1, 0.15) is 5.82 Å². The summed E-state index contributed by atoms with van der Waals surface area (Å²) in [5.74, 6) is 3.15. The molecule has 1 N–H and O–H groups in total. The maximum Gasteiger partial charge on any atom is 0.205 e. The monoisotopic (exact) mass is 430 g/mol. The Bertz CT molecular complexity index is 1110. The molecule has 1 aromatic carbocycles. The van der Waals surface area contributed by atoms with Crippen LogP contribution in [0.1, 0.15) is 57.4 Å². The number of aryl methyl sites for hydroxylation is 2. The van der Waals surface area contributed by atoms with Gasteiger partial charge < -0.3 is 0 Å². The molecule has 3 heterocycles. The van der Waals surface area contributed by atoms with Crippen LogP contribution in [0.4, 0.5) is 0 Å². The summed E-state index contributed by atoms with van der Waals surface area (Å²) in [7, 11) is 0. The first kappa shape index (κ1) is 21.8. The molecule has 8 heteroatoms. The fourth-order valence-electron chi connectivity index (χ4n) is 3.62. The largest absolute Gasteiger partial charge is 0.260 e. The topological polar surface area (TPSA) is 98.1 Å². The normalized spacial score (nSPS) is 11.4. The van der Waals surface area contributed by atoms with Gasteiger partial charge in [-0.1, -0.05) is 57.5 Å². The summed E-state index contributed by atoms with van der Waals surface area (Å²) in [6.07, 6.45) is 6.82. The lowest BCUT2D eigenvalue weighted by atomic mass is 10.0. The summed E-state index contributed by atoms with van der Waals surface area (Å²) in [6, 6.07) is 12.2. The molecular weight excluding hydrogens is 400 g/mol. The predicted octanol–water partition coefficient (Wildman–Crippen LogP) is 4.50. The van der Waals surface area contributed by atoms with E-state index in [9.17, 15) is 0 Å². The fraction of sp³-hybridized carbons (Fsp3) is 0.417. The van der Waals surface area contributed by atoms with Crippen LogP contribution in [0, 0.1) is 5.92 Å². The lowest BCUT2D eigenvalue weighted by molar-refractivity contribution is 0.535. The molecule has 166 valence electrons. The lowest BCUT2D eigenvalue weighted by Crippen LogP contribution is -2.07. The van der Waals surface area contributed by atoms with Gasteiger partial charge in [-0.25, -0.2) is 9.67 Å². The predicted molar refractivity (Wildman–Crippen MR) is 124 cm³/mol. The van der Waals surface area contributed by atoms with Crippen molar-refractivity contribution >= 4 is 0 Å². The molecule has 0 saturated heterocycles. The molecule has 0 spiro atoms. The highest BCUT2D eigenvalue weighted by molar-refractivity contribution is 5.79. The van der Waals surface area contributed by atoms with E-state index >= 15 is 0 Å². The average Bonchev–Trinajstić information content (AvgIpc) is 3.47. The van der Waals surface area contributed by atoms with Gasteiger partial charge in [-0.3, -0.25) is 4.98 Å². The average molecular weight is 431 g/mol. The van der Waals surface area contributed by atoms with Crippen molar-refractivity contribution in [1.29, 1.82) is 0 Å². The van der Waals surface area contributed by atoms with Crippen molar-refractivity contribution in [1.82, 2.24) is 40.4 Å².